The van der Waals surface area contributed by atoms with Crippen molar-refractivity contribution in [3.63, 3.8) is 0 Å². The lowest BCUT2D eigenvalue weighted by atomic mass is 9.59. The number of anilines is 1. The molecule has 4 heteroatoms. The van der Waals surface area contributed by atoms with E-state index in [9.17, 15) is 0 Å². The third-order valence-electron chi connectivity index (χ3n) is 4.73. The average molecular weight is 298 g/mol. The zero-order chi connectivity index (χ0) is 16.2. The topological polar surface area (TPSA) is 52.7 Å². The Hall–Kier alpha value is -1.81. The minimum atomic E-state index is -0.251. The highest BCUT2D eigenvalue weighted by atomic mass is 15.5. The van der Waals surface area contributed by atoms with Crippen molar-refractivity contribution in [1.82, 2.24) is 15.4 Å². The van der Waals surface area contributed by atoms with E-state index in [1.54, 1.807) is 0 Å². The van der Waals surface area contributed by atoms with Gasteiger partial charge in [-0.25, -0.2) is 10.4 Å². The van der Waals surface area contributed by atoms with Gasteiger partial charge in [-0.2, -0.15) is 0 Å². The number of nitrogens with one attached hydrogen (secondary N) is 3. The molecule has 3 N–H and O–H groups in total. The largest absolute Gasteiger partial charge is 0.324 e. The Balaban J connectivity index is 2.17. The lowest BCUT2D eigenvalue weighted by Gasteiger charge is -2.50. The highest BCUT2D eigenvalue weighted by Gasteiger charge is 2.57. The fraction of sp³-hybridized carbons (Fsp3) is 0.500. The maximum Gasteiger partial charge on any atom is 0.143 e. The number of nitrogens with zero attached hydrogens (tertiary/aromatic N) is 1. The van der Waals surface area contributed by atoms with Crippen molar-refractivity contribution >= 4 is 5.82 Å². The van der Waals surface area contributed by atoms with Crippen LogP contribution in [0.4, 0.5) is 5.82 Å². The summed E-state index contributed by atoms with van der Waals surface area (Å²) < 4.78 is 0. The minimum absolute atomic E-state index is 0.00660. The molecular weight excluding hydrogens is 272 g/mol. The molecule has 1 aromatic heterocycles. The zero-order valence-electron chi connectivity index (χ0n) is 14.3. The van der Waals surface area contributed by atoms with Crippen molar-refractivity contribution in [3.05, 3.63) is 36.0 Å². The third kappa shape index (κ3) is 1.97. The third-order valence-corrected chi connectivity index (χ3v) is 4.73. The molecule has 2 aromatic rings. The second-order valence-corrected chi connectivity index (χ2v) is 8.18. The molecule has 0 aliphatic carbocycles. The van der Waals surface area contributed by atoms with Gasteiger partial charge in [-0.05, 0) is 10.8 Å². The quantitative estimate of drug-likeness (QED) is 0.736. The molecule has 0 saturated carbocycles. The van der Waals surface area contributed by atoms with Crippen LogP contribution in [0.25, 0.3) is 11.4 Å². The molecule has 0 bridgehead atoms. The van der Waals surface area contributed by atoms with E-state index in [1.807, 2.05) is 18.2 Å². The predicted molar refractivity (Wildman–Crippen MR) is 91.4 cm³/mol. The zero-order valence-corrected chi connectivity index (χ0v) is 14.3. The number of H-pyrrole nitrogens is 1. The summed E-state index contributed by atoms with van der Waals surface area (Å²) in [5.41, 5.74) is 8.80. The van der Waals surface area contributed by atoms with Crippen LogP contribution in [-0.2, 0) is 5.54 Å². The van der Waals surface area contributed by atoms with Gasteiger partial charge in [-0.1, -0.05) is 71.9 Å². The molecule has 1 aliphatic heterocycles. The normalized spacial score (nSPS) is 17.2. The van der Waals surface area contributed by atoms with Gasteiger partial charge in [0, 0.05) is 5.56 Å². The Bertz CT molecular complexity index is 657. The Morgan fingerprint density at radius 3 is 2.05 bits per heavy atom. The standard InChI is InChI=1S/C18H26N4/c1-16(2,3)18(17(4,5)6)13-15(21-22-18)20-14(19-13)12-10-8-7-9-11-12/h7-11,21-22H,1-6H3,(H,19,20). The van der Waals surface area contributed by atoms with Gasteiger partial charge >= 0.3 is 0 Å². The van der Waals surface area contributed by atoms with Gasteiger partial charge in [0.25, 0.3) is 0 Å². The Morgan fingerprint density at radius 2 is 1.50 bits per heavy atom. The van der Waals surface area contributed by atoms with E-state index in [-0.39, 0.29) is 16.4 Å². The maximum absolute atomic E-state index is 4.97. The van der Waals surface area contributed by atoms with Crippen LogP contribution in [0.1, 0.15) is 47.2 Å². The predicted octanol–water partition coefficient (Wildman–Crippen LogP) is 4.29. The van der Waals surface area contributed by atoms with Crippen LogP contribution in [-0.4, -0.2) is 9.97 Å². The molecule has 1 aliphatic rings. The first-order valence-electron chi connectivity index (χ1n) is 7.86. The van der Waals surface area contributed by atoms with E-state index < -0.39 is 0 Å². The Kier molecular flexibility index (Phi) is 3.15. The molecule has 0 atom stereocenters. The van der Waals surface area contributed by atoms with Gasteiger partial charge in [0.1, 0.15) is 17.3 Å². The van der Waals surface area contributed by atoms with Crippen LogP contribution in [0.15, 0.2) is 30.3 Å². The SMILES string of the molecule is CC(C)(C)C1(C(C)(C)C)NNc2[nH]c(-c3ccccc3)nc21. The van der Waals surface area contributed by atoms with E-state index in [0.717, 1.165) is 22.9 Å². The number of benzene rings is 1. The molecule has 0 fully saturated rings. The summed E-state index contributed by atoms with van der Waals surface area (Å²) >= 11 is 0. The number of aromatic amines is 1. The summed E-state index contributed by atoms with van der Waals surface area (Å²) in [6, 6.07) is 10.3. The van der Waals surface area contributed by atoms with Crippen LogP contribution >= 0.6 is 0 Å². The van der Waals surface area contributed by atoms with Crippen LogP contribution in [0.5, 0.6) is 0 Å². The van der Waals surface area contributed by atoms with Gasteiger partial charge in [0.05, 0.1) is 5.54 Å². The fourth-order valence-electron chi connectivity index (χ4n) is 3.89. The highest BCUT2D eigenvalue weighted by molar-refractivity contribution is 5.63. The average Bonchev–Trinajstić information content (AvgIpc) is 2.95. The molecule has 4 nitrogen and oxygen atoms in total. The highest BCUT2D eigenvalue weighted by Crippen LogP contribution is 2.54. The summed E-state index contributed by atoms with van der Waals surface area (Å²) in [4.78, 5) is 8.39. The van der Waals surface area contributed by atoms with Crippen LogP contribution < -0.4 is 10.9 Å². The van der Waals surface area contributed by atoms with E-state index >= 15 is 0 Å². The van der Waals surface area contributed by atoms with Gasteiger partial charge in [-0.15, -0.1) is 0 Å². The monoisotopic (exact) mass is 298 g/mol. The van der Waals surface area contributed by atoms with Crippen molar-refractivity contribution in [1.29, 1.82) is 0 Å². The van der Waals surface area contributed by atoms with Crippen LogP contribution in [0, 0.1) is 10.8 Å². The molecule has 1 aromatic carbocycles. The van der Waals surface area contributed by atoms with Crippen molar-refractivity contribution in [2.24, 2.45) is 10.8 Å². The van der Waals surface area contributed by atoms with Gasteiger partial charge in [0.15, 0.2) is 0 Å². The lowest BCUT2D eigenvalue weighted by Crippen LogP contribution is -2.58. The Morgan fingerprint density at radius 1 is 0.909 bits per heavy atom. The van der Waals surface area contributed by atoms with Crippen molar-refractivity contribution in [2.75, 3.05) is 5.43 Å². The molecule has 2 heterocycles. The summed E-state index contributed by atoms with van der Waals surface area (Å²) in [5, 5.41) is 0. The summed E-state index contributed by atoms with van der Waals surface area (Å²) in [6.07, 6.45) is 0. The lowest BCUT2D eigenvalue weighted by molar-refractivity contribution is 0.0294. The molecular formula is C18H26N4. The number of hydrogen-bond acceptors (Lipinski definition) is 3. The number of fused-ring (bicyclic) bond motifs is 1. The molecule has 0 unspecified atom stereocenters. The van der Waals surface area contributed by atoms with Gasteiger partial charge in [-0.3, -0.25) is 0 Å². The van der Waals surface area contributed by atoms with E-state index in [2.05, 4.69) is 69.5 Å². The van der Waals surface area contributed by atoms with Crippen LogP contribution in [0.2, 0.25) is 0 Å². The number of hydrogen-bond donors (Lipinski definition) is 3. The van der Waals surface area contributed by atoms with Crippen LogP contribution in [0.3, 0.4) is 0 Å². The minimum Gasteiger partial charge on any atom is -0.324 e. The van der Waals surface area contributed by atoms with Crippen molar-refractivity contribution in [3.8, 4) is 11.4 Å². The Labute approximate surface area is 132 Å². The summed E-state index contributed by atoms with van der Waals surface area (Å²) in [5.74, 6) is 1.89. The van der Waals surface area contributed by atoms with E-state index in [4.69, 9.17) is 4.98 Å². The number of hydrazine groups is 1. The first kappa shape index (κ1) is 15.1. The smallest absolute Gasteiger partial charge is 0.143 e. The maximum atomic E-state index is 4.97. The summed E-state index contributed by atoms with van der Waals surface area (Å²) in [6.45, 7) is 13.6. The second-order valence-electron chi connectivity index (χ2n) is 8.18. The van der Waals surface area contributed by atoms with E-state index in [1.165, 1.54) is 0 Å². The molecule has 0 amide bonds. The number of aromatic nitrogens is 2. The number of imidazole rings is 1. The molecule has 0 saturated heterocycles. The number of rotatable bonds is 1. The molecule has 0 radical (unpaired) electrons. The molecule has 22 heavy (non-hydrogen) atoms. The first-order chi connectivity index (χ1) is 10.2. The molecule has 118 valence electrons. The van der Waals surface area contributed by atoms with Crippen molar-refractivity contribution in [2.45, 2.75) is 47.1 Å². The molecule has 0 spiro atoms. The molecule has 3 rings (SSSR count). The summed E-state index contributed by atoms with van der Waals surface area (Å²) in [7, 11) is 0. The second kappa shape index (κ2) is 4.59. The van der Waals surface area contributed by atoms with E-state index in [0.29, 0.717) is 0 Å². The van der Waals surface area contributed by atoms with Crippen molar-refractivity contribution < 1.29 is 0 Å². The fourth-order valence-corrected chi connectivity index (χ4v) is 3.89. The van der Waals surface area contributed by atoms with Gasteiger partial charge < -0.3 is 10.4 Å². The first-order valence-corrected chi connectivity index (χ1v) is 7.86. The van der Waals surface area contributed by atoms with Gasteiger partial charge in [0.2, 0.25) is 0 Å².